The van der Waals surface area contributed by atoms with Gasteiger partial charge in [-0.05, 0) is 266 Å². The Labute approximate surface area is 700 Å². The largest absolute Gasteiger partial charge is 0.456 e. The predicted molar refractivity (Wildman–Crippen MR) is 504 cm³/mol. The smallest absolute Gasteiger partial charge is 0.136 e. The van der Waals surface area contributed by atoms with E-state index >= 15 is 0 Å². The first-order valence-corrected chi connectivity index (χ1v) is 41.6. The van der Waals surface area contributed by atoms with Gasteiger partial charge in [0.15, 0.2) is 0 Å². The highest BCUT2D eigenvalue weighted by Crippen LogP contribution is 2.48. The molecular formula is C114H60O10. The molecule has 10 aromatic heterocycles. The summed E-state index contributed by atoms with van der Waals surface area (Å²) in [6, 6.07) is 127. The lowest BCUT2D eigenvalue weighted by molar-refractivity contribution is 0.664. The summed E-state index contributed by atoms with van der Waals surface area (Å²) in [6.45, 7) is 0. The highest BCUT2D eigenvalue weighted by Gasteiger charge is 2.24. The second-order valence-corrected chi connectivity index (χ2v) is 32.8. The molecule has 576 valence electrons. The maximum absolute atomic E-state index is 6.51. The van der Waals surface area contributed by atoms with Gasteiger partial charge in [0, 0.05) is 108 Å². The summed E-state index contributed by atoms with van der Waals surface area (Å²) in [5, 5.41) is 21.0. The van der Waals surface area contributed by atoms with Crippen LogP contribution in [0.25, 0.3) is 297 Å². The summed E-state index contributed by atoms with van der Waals surface area (Å²) < 4.78 is 64.2. The van der Waals surface area contributed by atoms with Gasteiger partial charge in [-0.15, -0.1) is 0 Å². The van der Waals surface area contributed by atoms with Gasteiger partial charge in [-0.2, -0.15) is 0 Å². The van der Waals surface area contributed by atoms with Gasteiger partial charge in [0.25, 0.3) is 0 Å². The van der Waals surface area contributed by atoms with E-state index < -0.39 is 0 Å². The van der Waals surface area contributed by atoms with Crippen molar-refractivity contribution in [3.8, 4) is 77.9 Å². The zero-order chi connectivity index (χ0) is 80.7. The summed E-state index contributed by atoms with van der Waals surface area (Å²) in [4.78, 5) is 0. The van der Waals surface area contributed by atoms with Gasteiger partial charge in [-0.25, -0.2) is 0 Å². The summed E-state index contributed by atoms with van der Waals surface area (Å²) in [6.07, 6.45) is 0. The molecule has 0 amide bonds. The Kier molecular flexibility index (Phi) is 13.7. The quantitative estimate of drug-likeness (QED) is 0.152. The van der Waals surface area contributed by atoms with Crippen LogP contribution in [-0.4, -0.2) is 0 Å². The molecule has 0 bridgehead atoms. The lowest BCUT2D eigenvalue weighted by atomic mass is 9.92. The minimum Gasteiger partial charge on any atom is -0.456 e. The van der Waals surface area contributed by atoms with Crippen molar-refractivity contribution < 1.29 is 44.2 Å². The first-order chi connectivity index (χ1) is 61.3. The van der Waals surface area contributed by atoms with E-state index in [2.05, 4.69) is 297 Å². The van der Waals surface area contributed by atoms with Crippen molar-refractivity contribution in [2.75, 3.05) is 0 Å². The summed E-state index contributed by atoms with van der Waals surface area (Å²) in [5.74, 6) is 0. The van der Waals surface area contributed by atoms with Gasteiger partial charge in [0.1, 0.15) is 112 Å². The van der Waals surface area contributed by atoms with E-state index in [0.717, 1.165) is 286 Å². The predicted octanol–water partition coefficient (Wildman–Crippen LogP) is 34.0. The zero-order valence-corrected chi connectivity index (χ0v) is 65.7. The number of fused-ring (bicyclic) bond motifs is 30. The monoisotopic (exact) mass is 1590 g/mol. The van der Waals surface area contributed by atoms with Crippen molar-refractivity contribution in [3.05, 3.63) is 364 Å². The molecule has 10 heteroatoms. The van der Waals surface area contributed by atoms with E-state index in [-0.39, 0.29) is 0 Å². The molecule has 0 radical (unpaired) electrons. The van der Waals surface area contributed by atoms with Crippen LogP contribution in [0, 0.1) is 0 Å². The number of furan rings is 10. The average Bonchev–Trinajstić information content (AvgIpc) is 1.61. The van der Waals surface area contributed by atoms with Crippen molar-refractivity contribution >= 4 is 219 Å². The van der Waals surface area contributed by atoms with E-state index in [1.807, 2.05) is 66.7 Å². The number of para-hydroxylation sites is 3. The van der Waals surface area contributed by atoms with E-state index in [1.165, 1.54) is 11.1 Å². The molecule has 0 spiro atoms. The molecule has 10 heterocycles. The third-order valence-electron chi connectivity index (χ3n) is 25.7. The van der Waals surface area contributed by atoms with Crippen LogP contribution in [0.4, 0.5) is 0 Å². The second kappa shape index (κ2) is 25.4. The van der Waals surface area contributed by atoms with Crippen LogP contribution in [-0.2, 0) is 0 Å². The molecule has 0 N–H and O–H groups in total. The molecule has 0 saturated carbocycles. The summed E-state index contributed by atoms with van der Waals surface area (Å²) in [5.41, 5.74) is 32.5. The molecule has 124 heavy (non-hydrogen) atoms. The molecule has 0 unspecified atom stereocenters. The zero-order valence-electron chi connectivity index (χ0n) is 65.7. The maximum Gasteiger partial charge on any atom is 0.136 e. The molecule has 0 aliphatic rings. The number of hydrogen-bond acceptors (Lipinski definition) is 10. The van der Waals surface area contributed by atoms with Crippen LogP contribution in [0.5, 0.6) is 0 Å². The molecule has 0 fully saturated rings. The SMILES string of the molecule is c1ccc(-c2ccc3oc4cc5c(cc4c3c2)oc2ccc(-c3cccc(-c4ccc6oc7cc8c(cc7c6c4)oc4ccc(-c6ccccc6)cc48)c3)cc25)cc1.c1ccc2c(c1)oc1cc3c(cc12)oc1ccc(-c2cc(-c4ccc5oc6cc7c(cc6c5c4)oc4ccccc47)cc(-c4ccc5oc6cc7c(cc6c5c4)oc4ccccc47)c2)cc13. The highest BCUT2D eigenvalue weighted by molar-refractivity contribution is 6.22. The van der Waals surface area contributed by atoms with Crippen LogP contribution in [0.3, 0.4) is 0 Å². The Bertz CT molecular complexity index is 8920. The van der Waals surface area contributed by atoms with Crippen LogP contribution in [0.1, 0.15) is 0 Å². The standard InChI is InChI=1S/C60H30O6.C54H30O4/c1-4-10-49-37(7-1)43-25-58-46(28-55(43)61-49)40-22-31(13-16-52(40)64-58)34-19-35(32-14-17-53-41(23-32)47-29-56-44(26-59(47)65-53)38-8-2-5-11-50(38)62-56)21-36(20-34)33-15-18-54-42(24-33)48-30-57-45(27-60(48)66-54)39-9-3-6-12-51(39)63-57;1-3-8-31(9-4-1)35-14-18-47-39(23-35)43-27-53-45(29-51(43)55-47)41-25-37(16-20-49(41)57-53)33-12-7-13-34(22-33)38-17-21-50-42(26-38)46-30-52-44(28-54(46)58-50)40-24-36(15-19-48(40)56-52)32-10-5-2-6-11-32/h1-30H;1-30H. The first kappa shape index (κ1) is 67.1. The molecule has 29 aromatic rings. The first-order valence-electron chi connectivity index (χ1n) is 41.6. The maximum atomic E-state index is 6.51. The lowest BCUT2D eigenvalue weighted by Crippen LogP contribution is -1.87. The lowest BCUT2D eigenvalue weighted by Gasteiger charge is -2.12. The minimum absolute atomic E-state index is 0.828. The number of rotatable bonds is 7. The fourth-order valence-corrected chi connectivity index (χ4v) is 19.6. The molecule has 0 aliphatic heterocycles. The minimum atomic E-state index is 0.828. The number of benzene rings is 19. The Morgan fingerprint density at radius 1 is 0.0806 bits per heavy atom. The third-order valence-corrected chi connectivity index (χ3v) is 25.7. The fourth-order valence-electron chi connectivity index (χ4n) is 19.6. The average molecular weight is 1590 g/mol. The Balaban J connectivity index is 0.000000128. The normalized spacial score (nSPS) is 12.4. The van der Waals surface area contributed by atoms with Crippen molar-refractivity contribution in [1.29, 1.82) is 0 Å². The fraction of sp³-hybridized carbons (Fsp3) is 0. The van der Waals surface area contributed by atoms with Crippen LogP contribution in [0.2, 0.25) is 0 Å². The van der Waals surface area contributed by atoms with E-state index in [4.69, 9.17) is 44.2 Å². The van der Waals surface area contributed by atoms with Gasteiger partial charge >= 0.3 is 0 Å². The van der Waals surface area contributed by atoms with Crippen LogP contribution in [0.15, 0.2) is 408 Å². The molecular weight excluding hydrogens is 1530 g/mol. The third kappa shape index (κ3) is 10.3. The summed E-state index contributed by atoms with van der Waals surface area (Å²) >= 11 is 0. The Hall–Kier alpha value is -16.8. The Morgan fingerprint density at radius 3 is 0.468 bits per heavy atom. The van der Waals surface area contributed by atoms with Gasteiger partial charge in [0.05, 0.1) is 0 Å². The van der Waals surface area contributed by atoms with Gasteiger partial charge in [-0.3, -0.25) is 0 Å². The molecule has 0 aliphatic carbocycles. The summed E-state index contributed by atoms with van der Waals surface area (Å²) in [7, 11) is 0. The van der Waals surface area contributed by atoms with Gasteiger partial charge in [0.2, 0.25) is 0 Å². The molecule has 10 nitrogen and oxygen atoms in total. The van der Waals surface area contributed by atoms with Crippen molar-refractivity contribution in [1.82, 2.24) is 0 Å². The van der Waals surface area contributed by atoms with Gasteiger partial charge < -0.3 is 44.2 Å². The Morgan fingerprint density at radius 2 is 0.234 bits per heavy atom. The van der Waals surface area contributed by atoms with E-state index in [1.54, 1.807) is 0 Å². The van der Waals surface area contributed by atoms with E-state index in [9.17, 15) is 0 Å². The molecule has 29 rings (SSSR count). The topological polar surface area (TPSA) is 131 Å². The van der Waals surface area contributed by atoms with Crippen LogP contribution < -0.4 is 0 Å². The molecule has 0 atom stereocenters. The molecule has 19 aromatic carbocycles. The van der Waals surface area contributed by atoms with Crippen molar-refractivity contribution in [3.63, 3.8) is 0 Å². The van der Waals surface area contributed by atoms with Crippen molar-refractivity contribution in [2.24, 2.45) is 0 Å². The van der Waals surface area contributed by atoms with E-state index in [0.29, 0.717) is 0 Å². The molecule has 0 saturated heterocycles. The number of hydrogen-bond donors (Lipinski definition) is 0. The highest BCUT2D eigenvalue weighted by atomic mass is 16.4. The van der Waals surface area contributed by atoms with Crippen molar-refractivity contribution in [2.45, 2.75) is 0 Å². The van der Waals surface area contributed by atoms with Crippen LogP contribution >= 0.6 is 0 Å². The second-order valence-electron chi connectivity index (χ2n) is 32.8. The van der Waals surface area contributed by atoms with Gasteiger partial charge in [-0.1, -0.05) is 176 Å².